The molecule has 0 N–H and O–H groups in total. The van der Waals surface area contributed by atoms with E-state index in [0.717, 1.165) is 22.9 Å². The van der Waals surface area contributed by atoms with Crippen molar-refractivity contribution in [3.8, 4) is 11.5 Å². The van der Waals surface area contributed by atoms with Crippen LogP contribution >= 0.6 is 0 Å². The van der Waals surface area contributed by atoms with Gasteiger partial charge in [0.1, 0.15) is 0 Å². The van der Waals surface area contributed by atoms with E-state index < -0.39 is 0 Å². The van der Waals surface area contributed by atoms with Crippen molar-refractivity contribution < 1.29 is 4.74 Å². The highest BCUT2D eigenvalue weighted by Gasteiger charge is 2.30. The van der Waals surface area contributed by atoms with E-state index in [9.17, 15) is 0 Å². The largest absolute Gasteiger partial charge is 0.453 e. The smallest absolute Gasteiger partial charge is 0.152 e. The van der Waals surface area contributed by atoms with E-state index in [2.05, 4.69) is 114 Å². The zero-order chi connectivity index (χ0) is 22.8. The van der Waals surface area contributed by atoms with Gasteiger partial charge < -0.3 is 9.64 Å². The molecule has 5 rings (SSSR count). The molecule has 1 heterocycles. The summed E-state index contributed by atoms with van der Waals surface area (Å²) >= 11 is 0. The number of ether oxygens (including phenoxy) is 1. The molecule has 0 spiro atoms. The van der Waals surface area contributed by atoms with Crippen LogP contribution in [0.1, 0.15) is 48.6 Å². The Hall–Kier alpha value is -3.26. The zero-order valence-electron chi connectivity index (χ0n) is 20.1. The molecular weight excluding hydrogens is 390 g/mol. The summed E-state index contributed by atoms with van der Waals surface area (Å²) in [5.41, 5.74) is 9.98. The normalized spacial score (nSPS) is 13.0. The summed E-state index contributed by atoms with van der Waals surface area (Å²) in [7, 11) is 0. The third kappa shape index (κ3) is 3.17. The minimum absolute atomic E-state index is 0.106. The summed E-state index contributed by atoms with van der Waals surface area (Å²) < 4.78 is 6.45. The molecule has 0 radical (unpaired) electrons. The molecule has 32 heavy (non-hydrogen) atoms. The van der Waals surface area contributed by atoms with Gasteiger partial charge in [0.2, 0.25) is 0 Å². The van der Waals surface area contributed by atoms with Gasteiger partial charge in [-0.2, -0.15) is 0 Å². The topological polar surface area (TPSA) is 12.5 Å². The lowest BCUT2D eigenvalue weighted by Gasteiger charge is -2.36. The minimum Gasteiger partial charge on any atom is -0.453 e. The number of nitrogens with zero attached hydrogens (tertiary/aromatic N) is 1. The Bertz CT molecular complexity index is 1350. The van der Waals surface area contributed by atoms with Crippen LogP contribution in [0.25, 0.3) is 10.8 Å². The van der Waals surface area contributed by atoms with E-state index in [0.29, 0.717) is 0 Å². The first-order valence-corrected chi connectivity index (χ1v) is 11.4. The predicted octanol–water partition coefficient (Wildman–Crippen LogP) is 8.95. The summed E-state index contributed by atoms with van der Waals surface area (Å²) in [5.74, 6) is 1.80. The SMILES string of the molecule is Cc1ccc2c(c1)N(c1c(C)cc(C(C)(C)C)cc1C)c1c(ccc3c(C)cccc13)O2. The molecule has 0 aromatic heterocycles. The molecule has 0 aliphatic carbocycles. The quantitative estimate of drug-likeness (QED) is 0.268. The molecular formula is C30H31NO. The van der Waals surface area contributed by atoms with Crippen LogP contribution in [0, 0.1) is 27.7 Å². The molecule has 0 saturated carbocycles. The number of rotatable bonds is 1. The highest BCUT2D eigenvalue weighted by Crippen LogP contribution is 2.55. The van der Waals surface area contributed by atoms with Crippen molar-refractivity contribution in [2.75, 3.05) is 4.90 Å². The Balaban J connectivity index is 1.87. The van der Waals surface area contributed by atoms with Gasteiger partial charge in [-0.05, 0) is 84.5 Å². The molecule has 0 unspecified atom stereocenters. The van der Waals surface area contributed by atoms with Gasteiger partial charge in [-0.15, -0.1) is 0 Å². The highest BCUT2D eigenvalue weighted by atomic mass is 16.5. The minimum atomic E-state index is 0.106. The maximum atomic E-state index is 6.45. The Morgan fingerprint density at radius 1 is 0.656 bits per heavy atom. The van der Waals surface area contributed by atoms with Gasteiger partial charge in [0, 0.05) is 5.39 Å². The van der Waals surface area contributed by atoms with Gasteiger partial charge >= 0.3 is 0 Å². The Labute approximate surface area is 191 Å². The Kier molecular flexibility index (Phi) is 4.60. The second-order valence-corrected chi connectivity index (χ2v) is 10.2. The van der Waals surface area contributed by atoms with Crippen LogP contribution in [0.5, 0.6) is 11.5 Å². The van der Waals surface area contributed by atoms with Crippen molar-refractivity contribution in [2.45, 2.75) is 53.9 Å². The average molecular weight is 422 g/mol. The maximum Gasteiger partial charge on any atom is 0.152 e. The molecule has 162 valence electrons. The van der Waals surface area contributed by atoms with Crippen molar-refractivity contribution in [1.82, 2.24) is 0 Å². The molecule has 1 aliphatic rings. The number of fused-ring (bicyclic) bond motifs is 4. The number of aryl methyl sites for hydroxylation is 4. The summed E-state index contributed by atoms with van der Waals surface area (Å²) in [4.78, 5) is 2.43. The molecule has 2 heteroatoms. The Morgan fingerprint density at radius 2 is 1.34 bits per heavy atom. The lowest BCUT2D eigenvalue weighted by Crippen LogP contribution is -2.20. The number of hydrogen-bond acceptors (Lipinski definition) is 2. The van der Waals surface area contributed by atoms with Crippen molar-refractivity contribution in [3.63, 3.8) is 0 Å². The fourth-order valence-corrected chi connectivity index (χ4v) is 4.89. The maximum absolute atomic E-state index is 6.45. The predicted molar refractivity (Wildman–Crippen MR) is 136 cm³/mol. The van der Waals surface area contributed by atoms with Crippen LogP contribution in [0.4, 0.5) is 17.1 Å². The van der Waals surface area contributed by atoms with E-state index in [-0.39, 0.29) is 5.41 Å². The monoisotopic (exact) mass is 421 g/mol. The number of anilines is 3. The van der Waals surface area contributed by atoms with Gasteiger partial charge in [0.15, 0.2) is 11.5 Å². The van der Waals surface area contributed by atoms with Crippen LogP contribution in [-0.2, 0) is 5.41 Å². The first-order chi connectivity index (χ1) is 15.1. The van der Waals surface area contributed by atoms with Gasteiger partial charge in [-0.25, -0.2) is 0 Å². The van der Waals surface area contributed by atoms with Gasteiger partial charge in [-0.3, -0.25) is 0 Å². The summed E-state index contributed by atoms with van der Waals surface area (Å²) in [6, 6.07) is 22.0. The zero-order valence-corrected chi connectivity index (χ0v) is 20.1. The van der Waals surface area contributed by atoms with E-state index in [4.69, 9.17) is 4.74 Å². The van der Waals surface area contributed by atoms with Gasteiger partial charge in [-0.1, -0.05) is 63.2 Å². The van der Waals surface area contributed by atoms with Crippen LogP contribution < -0.4 is 9.64 Å². The second kappa shape index (κ2) is 7.13. The van der Waals surface area contributed by atoms with E-state index in [1.165, 1.54) is 44.3 Å². The fraction of sp³-hybridized carbons (Fsp3) is 0.267. The molecule has 4 aromatic carbocycles. The lowest BCUT2D eigenvalue weighted by molar-refractivity contribution is 0.477. The van der Waals surface area contributed by atoms with E-state index in [1.807, 2.05) is 0 Å². The molecule has 0 fully saturated rings. The van der Waals surface area contributed by atoms with Crippen LogP contribution in [-0.4, -0.2) is 0 Å². The number of hydrogen-bond donors (Lipinski definition) is 0. The van der Waals surface area contributed by atoms with Crippen molar-refractivity contribution in [1.29, 1.82) is 0 Å². The van der Waals surface area contributed by atoms with E-state index >= 15 is 0 Å². The standard InChI is InChI=1S/C30H31NO/c1-18-11-13-26-25(15-18)31(28-20(3)16-22(17-21(28)4)30(5,6)7)29-24-10-8-9-19(2)23(24)12-14-27(29)32-26/h8-17H,1-7H3. The molecule has 0 bridgehead atoms. The average Bonchev–Trinajstić information content (AvgIpc) is 2.72. The first kappa shape index (κ1) is 20.6. The third-order valence-electron chi connectivity index (χ3n) is 6.59. The molecule has 0 saturated heterocycles. The molecule has 0 amide bonds. The van der Waals surface area contributed by atoms with Gasteiger partial charge in [0.25, 0.3) is 0 Å². The van der Waals surface area contributed by atoms with Crippen molar-refractivity contribution in [2.24, 2.45) is 0 Å². The van der Waals surface area contributed by atoms with Crippen molar-refractivity contribution >= 4 is 27.8 Å². The molecule has 2 nitrogen and oxygen atoms in total. The molecule has 0 atom stereocenters. The lowest BCUT2D eigenvalue weighted by atomic mass is 9.84. The first-order valence-electron chi connectivity index (χ1n) is 11.4. The summed E-state index contributed by atoms with van der Waals surface area (Å²) in [6.45, 7) is 15.6. The third-order valence-corrected chi connectivity index (χ3v) is 6.59. The van der Waals surface area contributed by atoms with Crippen LogP contribution in [0.15, 0.2) is 60.7 Å². The summed E-state index contributed by atoms with van der Waals surface area (Å²) in [6.07, 6.45) is 0. The second-order valence-electron chi connectivity index (χ2n) is 10.2. The molecule has 4 aromatic rings. The highest BCUT2D eigenvalue weighted by molar-refractivity contribution is 6.05. The van der Waals surface area contributed by atoms with Crippen molar-refractivity contribution in [3.05, 3.63) is 88.5 Å². The van der Waals surface area contributed by atoms with Crippen LogP contribution in [0.3, 0.4) is 0 Å². The number of benzene rings is 4. The Morgan fingerprint density at radius 3 is 2.03 bits per heavy atom. The fourth-order valence-electron chi connectivity index (χ4n) is 4.89. The summed E-state index contributed by atoms with van der Waals surface area (Å²) in [5, 5.41) is 2.48. The van der Waals surface area contributed by atoms with E-state index in [1.54, 1.807) is 0 Å². The van der Waals surface area contributed by atoms with Gasteiger partial charge in [0.05, 0.1) is 17.1 Å². The molecule has 1 aliphatic heterocycles. The van der Waals surface area contributed by atoms with Crippen LogP contribution in [0.2, 0.25) is 0 Å².